The quantitative estimate of drug-likeness (QED) is 0.817. The predicted molar refractivity (Wildman–Crippen MR) is 54.3 cm³/mol. The van der Waals surface area contributed by atoms with Gasteiger partial charge in [-0.1, -0.05) is 35.5 Å². The number of nitrogens with zero attached hydrogens (tertiary/aromatic N) is 1. The van der Waals surface area contributed by atoms with Crippen LogP contribution < -0.4 is 5.73 Å². The Labute approximate surface area is 86.7 Å². The number of benzene rings is 1. The second-order valence-electron chi connectivity index (χ2n) is 3.20. The van der Waals surface area contributed by atoms with E-state index in [1.165, 1.54) is 6.26 Å². The Bertz CT molecular complexity index is 462. The van der Waals surface area contributed by atoms with Gasteiger partial charge in [0.1, 0.15) is 17.5 Å². The molecule has 0 aliphatic carbocycles. The third-order valence-electron chi connectivity index (χ3n) is 2.12. The topological polar surface area (TPSA) is 69.1 Å². The van der Waals surface area contributed by atoms with Crippen LogP contribution in [0.15, 0.2) is 41.1 Å². The van der Waals surface area contributed by atoms with E-state index in [4.69, 9.17) is 10.3 Å². The van der Waals surface area contributed by atoms with E-state index in [0.29, 0.717) is 17.7 Å². The molecule has 2 N–H and O–H groups in total. The molecule has 76 valence electrons. The lowest BCUT2D eigenvalue weighted by Gasteiger charge is -1.97. The standard InChI is InChI=1S/C11H10N2O2/c12-11(14)9-7-15-13-10(9)6-8-4-2-1-3-5-8/h1-5,7H,6H2,(H2,12,14). The van der Waals surface area contributed by atoms with Gasteiger partial charge in [0.2, 0.25) is 0 Å². The molecule has 1 aromatic heterocycles. The molecule has 0 unspecified atom stereocenters. The highest BCUT2D eigenvalue weighted by Gasteiger charge is 2.12. The summed E-state index contributed by atoms with van der Waals surface area (Å²) in [5.41, 5.74) is 7.16. The van der Waals surface area contributed by atoms with Gasteiger partial charge < -0.3 is 10.3 Å². The van der Waals surface area contributed by atoms with Crippen molar-refractivity contribution in [3.8, 4) is 0 Å². The molecule has 4 nitrogen and oxygen atoms in total. The summed E-state index contributed by atoms with van der Waals surface area (Å²) < 4.78 is 4.73. The molecule has 1 amide bonds. The zero-order valence-electron chi connectivity index (χ0n) is 8.01. The first-order valence-electron chi connectivity index (χ1n) is 4.54. The third-order valence-corrected chi connectivity index (χ3v) is 2.12. The molecular weight excluding hydrogens is 192 g/mol. The molecule has 4 heteroatoms. The number of hydrogen-bond acceptors (Lipinski definition) is 3. The molecule has 0 atom stereocenters. The Kier molecular flexibility index (Phi) is 2.49. The van der Waals surface area contributed by atoms with Crippen LogP contribution in [0.5, 0.6) is 0 Å². The number of carbonyl (C=O) groups excluding carboxylic acids is 1. The maximum atomic E-state index is 11.0. The van der Waals surface area contributed by atoms with Gasteiger partial charge in [-0.05, 0) is 5.56 Å². The second-order valence-corrected chi connectivity index (χ2v) is 3.20. The maximum Gasteiger partial charge on any atom is 0.253 e. The summed E-state index contributed by atoms with van der Waals surface area (Å²) in [5.74, 6) is -0.512. The van der Waals surface area contributed by atoms with Gasteiger partial charge >= 0.3 is 0 Å². The van der Waals surface area contributed by atoms with E-state index in [2.05, 4.69) is 5.16 Å². The van der Waals surface area contributed by atoms with Crippen molar-refractivity contribution in [1.82, 2.24) is 5.16 Å². The van der Waals surface area contributed by atoms with Crippen LogP contribution in [-0.4, -0.2) is 11.1 Å². The van der Waals surface area contributed by atoms with E-state index in [1.807, 2.05) is 30.3 Å². The summed E-state index contributed by atoms with van der Waals surface area (Å²) in [6, 6.07) is 9.71. The van der Waals surface area contributed by atoms with Crippen LogP contribution in [0.2, 0.25) is 0 Å². The second kappa shape index (κ2) is 3.96. The van der Waals surface area contributed by atoms with Crippen molar-refractivity contribution in [2.24, 2.45) is 5.73 Å². The van der Waals surface area contributed by atoms with Gasteiger partial charge in [-0.2, -0.15) is 0 Å². The summed E-state index contributed by atoms with van der Waals surface area (Å²) in [7, 11) is 0. The highest BCUT2D eigenvalue weighted by molar-refractivity contribution is 5.93. The first kappa shape index (κ1) is 9.45. The van der Waals surface area contributed by atoms with Crippen LogP contribution >= 0.6 is 0 Å². The van der Waals surface area contributed by atoms with Gasteiger partial charge in [0.05, 0.1) is 0 Å². The lowest BCUT2D eigenvalue weighted by atomic mass is 10.1. The van der Waals surface area contributed by atoms with Crippen LogP contribution in [0.1, 0.15) is 21.6 Å². The van der Waals surface area contributed by atoms with E-state index < -0.39 is 5.91 Å². The predicted octanol–water partition coefficient (Wildman–Crippen LogP) is 1.36. The molecule has 1 aromatic carbocycles. The molecule has 0 radical (unpaired) electrons. The number of amides is 1. The number of carbonyl (C=O) groups is 1. The van der Waals surface area contributed by atoms with Crippen molar-refractivity contribution in [2.75, 3.05) is 0 Å². The summed E-state index contributed by atoms with van der Waals surface area (Å²) in [6.45, 7) is 0. The average Bonchev–Trinajstić information content (AvgIpc) is 2.67. The van der Waals surface area contributed by atoms with Gasteiger partial charge in [0, 0.05) is 6.42 Å². The first-order chi connectivity index (χ1) is 7.27. The van der Waals surface area contributed by atoms with E-state index in [9.17, 15) is 4.79 Å². The SMILES string of the molecule is NC(=O)c1conc1Cc1ccccc1. The molecule has 15 heavy (non-hydrogen) atoms. The van der Waals surface area contributed by atoms with E-state index in [-0.39, 0.29) is 0 Å². The fourth-order valence-corrected chi connectivity index (χ4v) is 1.38. The monoisotopic (exact) mass is 202 g/mol. The minimum Gasteiger partial charge on any atom is -0.365 e. The minimum atomic E-state index is -0.512. The van der Waals surface area contributed by atoms with Crippen LogP contribution in [0, 0.1) is 0 Å². The summed E-state index contributed by atoms with van der Waals surface area (Å²) in [6.07, 6.45) is 1.83. The maximum absolute atomic E-state index is 11.0. The Balaban J connectivity index is 2.25. The Morgan fingerprint density at radius 2 is 2.07 bits per heavy atom. The number of hydrogen-bond donors (Lipinski definition) is 1. The molecule has 1 heterocycles. The largest absolute Gasteiger partial charge is 0.365 e. The number of primary amides is 1. The molecular formula is C11H10N2O2. The first-order valence-corrected chi connectivity index (χ1v) is 4.54. The third kappa shape index (κ3) is 2.04. The van der Waals surface area contributed by atoms with Crippen molar-refractivity contribution in [1.29, 1.82) is 0 Å². The smallest absolute Gasteiger partial charge is 0.253 e. The molecule has 0 spiro atoms. The highest BCUT2D eigenvalue weighted by atomic mass is 16.5. The molecule has 0 aliphatic rings. The lowest BCUT2D eigenvalue weighted by molar-refractivity contribution is 0.0999. The van der Waals surface area contributed by atoms with E-state index in [1.54, 1.807) is 0 Å². The summed E-state index contributed by atoms with van der Waals surface area (Å²) >= 11 is 0. The zero-order chi connectivity index (χ0) is 10.7. The molecule has 0 aliphatic heterocycles. The van der Waals surface area contributed by atoms with Crippen LogP contribution in [0.25, 0.3) is 0 Å². The van der Waals surface area contributed by atoms with Gasteiger partial charge in [0.25, 0.3) is 5.91 Å². The molecule has 0 saturated carbocycles. The number of rotatable bonds is 3. The molecule has 0 fully saturated rings. The lowest BCUT2D eigenvalue weighted by Crippen LogP contribution is -2.12. The molecule has 2 rings (SSSR count). The van der Waals surface area contributed by atoms with Crippen molar-refractivity contribution < 1.29 is 9.32 Å². The van der Waals surface area contributed by atoms with Crippen LogP contribution in [0.4, 0.5) is 0 Å². The Morgan fingerprint density at radius 3 is 2.73 bits per heavy atom. The van der Waals surface area contributed by atoms with Crippen LogP contribution in [0.3, 0.4) is 0 Å². The van der Waals surface area contributed by atoms with Crippen molar-refractivity contribution in [3.05, 3.63) is 53.4 Å². The number of nitrogens with two attached hydrogens (primary N) is 1. The van der Waals surface area contributed by atoms with Gasteiger partial charge in [-0.25, -0.2) is 0 Å². The van der Waals surface area contributed by atoms with Gasteiger partial charge in [-0.3, -0.25) is 4.79 Å². The normalized spacial score (nSPS) is 10.1. The Hall–Kier alpha value is -2.10. The zero-order valence-corrected chi connectivity index (χ0v) is 8.01. The summed E-state index contributed by atoms with van der Waals surface area (Å²) in [5, 5.41) is 3.76. The van der Waals surface area contributed by atoms with Gasteiger partial charge in [-0.15, -0.1) is 0 Å². The van der Waals surface area contributed by atoms with Crippen LogP contribution in [-0.2, 0) is 6.42 Å². The van der Waals surface area contributed by atoms with Crippen molar-refractivity contribution >= 4 is 5.91 Å². The number of aromatic nitrogens is 1. The van der Waals surface area contributed by atoms with Gasteiger partial charge in [0.15, 0.2) is 0 Å². The fourth-order valence-electron chi connectivity index (χ4n) is 1.38. The average molecular weight is 202 g/mol. The molecule has 0 saturated heterocycles. The summed E-state index contributed by atoms with van der Waals surface area (Å²) in [4.78, 5) is 11.0. The Morgan fingerprint density at radius 1 is 1.33 bits per heavy atom. The van der Waals surface area contributed by atoms with E-state index in [0.717, 1.165) is 5.56 Å². The van der Waals surface area contributed by atoms with E-state index >= 15 is 0 Å². The molecule has 2 aromatic rings. The minimum absolute atomic E-state index is 0.346. The van der Waals surface area contributed by atoms with Crippen molar-refractivity contribution in [3.63, 3.8) is 0 Å². The van der Waals surface area contributed by atoms with Crippen molar-refractivity contribution in [2.45, 2.75) is 6.42 Å². The highest BCUT2D eigenvalue weighted by Crippen LogP contribution is 2.11. The fraction of sp³-hybridized carbons (Fsp3) is 0.0909. The molecule has 0 bridgehead atoms.